The number of nitrogens with zero attached hydrogens (tertiary/aromatic N) is 3. The van der Waals surface area contributed by atoms with Crippen LogP contribution in [0.1, 0.15) is 10.4 Å². The Kier molecular flexibility index (Phi) is 5.61. The van der Waals surface area contributed by atoms with E-state index in [1.807, 2.05) is 0 Å². The fourth-order valence-electron chi connectivity index (χ4n) is 2.14. The van der Waals surface area contributed by atoms with E-state index in [0.29, 0.717) is 11.3 Å². The standard InChI is InChI=1S/C18H15N5O4S/c24-16(13-5-2-1-3-6-13)22-18(25)21-14-7-9-15(10-8-14)28(26,27)23-17-19-11-4-12-20-17/h1-12H,(H3,19,20,21,22,23,24,25)/p-1. The zero-order chi connectivity index (χ0) is 20.0. The number of amides is 3. The topological polar surface area (TPSA) is 132 Å². The van der Waals surface area contributed by atoms with Crippen molar-refractivity contribution in [1.82, 2.24) is 15.3 Å². The first-order chi connectivity index (χ1) is 13.4. The summed E-state index contributed by atoms with van der Waals surface area (Å²) in [4.78, 5) is 31.2. The molecule has 10 heteroatoms. The minimum Gasteiger partial charge on any atom is -0.366 e. The Morgan fingerprint density at radius 2 is 1.50 bits per heavy atom. The summed E-state index contributed by atoms with van der Waals surface area (Å²) in [5.74, 6) is -0.734. The monoisotopic (exact) mass is 396 g/mol. The average Bonchev–Trinajstić information content (AvgIpc) is 2.69. The molecule has 3 rings (SSSR count). The van der Waals surface area contributed by atoms with Gasteiger partial charge in [0.05, 0.1) is 4.90 Å². The Hall–Kier alpha value is -3.79. The molecular weight excluding hydrogens is 382 g/mol. The molecule has 3 aromatic rings. The average molecular weight is 396 g/mol. The van der Waals surface area contributed by atoms with Gasteiger partial charge in [0.15, 0.2) is 0 Å². The van der Waals surface area contributed by atoms with E-state index in [0.717, 1.165) is 0 Å². The quantitative estimate of drug-likeness (QED) is 0.681. The summed E-state index contributed by atoms with van der Waals surface area (Å²) in [6.45, 7) is 0. The maximum absolute atomic E-state index is 12.2. The molecule has 1 aromatic heterocycles. The van der Waals surface area contributed by atoms with Crippen molar-refractivity contribution in [1.29, 1.82) is 0 Å². The molecule has 0 spiro atoms. The third kappa shape index (κ3) is 4.89. The predicted octanol–water partition coefficient (Wildman–Crippen LogP) is 2.83. The van der Waals surface area contributed by atoms with Crippen LogP contribution in [0.2, 0.25) is 0 Å². The van der Waals surface area contributed by atoms with Gasteiger partial charge >= 0.3 is 6.03 Å². The van der Waals surface area contributed by atoms with E-state index in [-0.39, 0.29) is 10.8 Å². The van der Waals surface area contributed by atoms with E-state index in [1.165, 1.54) is 36.7 Å². The number of benzene rings is 2. The highest BCUT2D eigenvalue weighted by Crippen LogP contribution is 2.24. The molecule has 0 aliphatic carbocycles. The molecule has 3 amide bonds. The molecule has 0 fully saturated rings. The van der Waals surface area contributed by atoms with E-state index in [9.17, 15) is 18.0 Å². The molecule has 28 heavy (non-hydrogen) atoms. The van der Waals surface area contributed by atoms with Gasteiger partial charge in [0, 0.05) is 17.2 Å². The van der Waals surface area contributed by atoms with Crippen LogP contribution in [0.3, 0.4) is 0 Å². The van der Waals surface area contributed by atoms with E-state index >= 15 is 0 Å². The number of carbonyl (C=O) groups excluding carboxylic acids is 2. The molecular formula is C18H14N5O4S-. The molecule has 9 nitrogen and oxygen atoms in total. The van der Waals surface area contributed by atoms with Gasteiger partial charge in [-0.1, -0.05) is 24.3 Å². The first-order valence-corrected chi connectivity index (χ1v) is 9.40. The summed E-state index contributed by atoms with van der Waals surface area (Å²) >= 11 is 0. The van der Waals surface area contributed by atoms with Crippen LogP contribution < -0.4 is 10.6 Å². The lowest BCUT2D eigenvalue weighted by Gasteiger charge is -2.12. The normalized spacial score (nSPS) is 10.7. The van der Waals surface area contributed by atoms with Gasteiger partial charge < -0.3 is 15.3 Å². The second-order valence-electron chi connectivity index (χ2n) is 5.41. The van der Waals surface area contributed by atoms with Gasteiger partial charge in [-0.15, -0.1) is 0 Å². The number of anilines is 1. The number of aromatic nitrogens is 2. The molecule has 1 heterocycles. The molecule has 0 radical (unpaired) electrons. The van der Waals surface area contributed by atoms with Crippen molar-refractivity contribution in [2.45, 2.75) is 4.90 Å². The minimum atomic E-state index is -4.00. The molecule has 0 aliphatic rings. The molecule has 0 saturated heterocycles. The van der Waals surface area contributed by atoms with E-state index < -0.39 is 22.0 Å². The fraction of sp³-hybridized carbons (Fsp3) is 0. The smallest absolute Gasteiger partial charge is 0.326 e. The number of hydrogen-bond acceptors (Lipinski definition) is 6. The molecule has 0 atom stereocenters. The summed E-state index contributed by atoms with van der Waals surface area (Å²) in [5, 5.41) is 4.63. The van der Waals surface area contributed by atoms with Gasteiger partial charge in [-0.2, -0.15) is 0 Å². The van der Waals surface area contributed by atoms with Gasteiger partial charge in [-0.25, -0.2) is 13.2 Å². The van der Waals surface area contributed by atoms with Gasteiger partial charge in [0.25, 0.3) is 5.91 Å². The number of rotatable bonds is 5. The molecule has 0 bridgehead atoms. The maximum atomic E-state index is 12.2. The van der Waals surface area contributed by atoms with Gasteiger partial charge in [-0.3, -0.25) is 14.8 Å². The molecule has 0 aliphatic heterocycles. The van der Waals surface area contributed by atoms with Crippen molar-refractivity contribution in [3.8, 4) is 0 Å². The summed E-state index contributed by atoms with van der Waals surface area (Å²) in [6.07, 6.45) is 2.76. The van der Waals surface area contributed by atoms with Crippen molar-refractivity contribution in [3.63, 3.8) is 0 Å². The SMILES string of the molecule is O=C(NC(=O)c1ccccc1)Nc1ccc(S(=O)(=O)[N-]c2ncccn2)cc1. The van der Waals surface area contributed by atoms with E-state index in [1.54, 1.807) is 36.4 Å². The number of carbonyl (C=O) groups is 2. The Labute approximate surface area is 160 Å². The summed E-state index contributed by atoms with van der Waals surface area (Å²) < 4.78 is 28.0. The maximum Gasteiger partial charge on any atom is 0.326 e. The number of nitrogens with one attached hydrogen (secondary N) is 2. The van der Waals surface area contributed by atoms with Crippen LogP contribution in [0.5, 0.6) is 0 Å². The Morgan fingerprint density at radius 3 is 2.14 bits per heavy atom. The molecule has 0 saturated carbocycles. The minimum absolute atomic E-state index is 0.0914. The van der Waals surface area contributed by atoms with E-state index in [2.05, 4.69) is 25.3 Å². The third-order valence-corrected chi connectivity index (χ3v) is 4.70. The molecule has 2 aromatic carbocycles. The summed E-state index contributed by atoms with van der Waals surface area (Å²) in [5.41, 5.74) is 0.636. The number of sulfonamides is 1. The molecule has 2 N–H and O–H groups in total. The van der Waals surface area contributed by atoms with Gasteiger partial charge in [-0.05, 0) is 48.8 Å². The van der Waals surface area contributed by atoms with Crippen LogP contribution in [0.15, 0.2) is 78.0 Å². The van der Waals surface area contributed by atoms with E-state index in [4.69, 9.17) is 0 Å². The lowest BCUT2D eigenvalue weighted by molar-refractivity contribution is 0.0967. The lowest BCUT2D eigenvalue weighted by atomic mass is 10.2. The second kappa shape index (κ2) is 8.27. The van der Waals surface area contributed by atoms with Crippen LogP contribution >= 0.6 is 0 Å². The zero-order valence-electron chi connectivity index (χ0n) is 14.3. The lowest BCUT2D eigenvalue weighted by Crippen LogP contribution is -2.34. The van der Waals surface area contributed by atoms with Gasteiger partial charge in [0.2, 0.25) is 10.0 Å². The summed E-state index contributed by atoms with van der Waals surface area (Å²) in [7, 11) is -4.00. The number of imide groups is 1. The zero-order valence-corrected chi connectivity index (χ0v) is 15.1. The Bertz CT molecular complexity index is 1070. The highest BCUT2D eigenvalue weighted by molar-refractivity contribution is 7.94. The van der Waals surface area contributed by atoms with Gasteiger partial charge in [0.1, 0.15) is 0 Å². The second-order valence-corrected chi connectivity index (χ2v) is 7.02. The molecule has 0 unspecified atom stereocenters. The van der Waals surface area contributed by atoms with Crippen molar-refractivity contribution < 1.29 is 18.0 Å². The van der Waals surface area contributed by atoms with Crippen molar-refractivity contribution in [2.75, 3.05) is 5.32 Å². The van der Waals surface area contributed by atoms with Crippen LogP contribution in [0, 0.1) is 0 Å². The number of urea groups is 1. The Balaban J connectivity index is 1.62. The first-order valence-electron chi connectivity index (χ1n) is 7.96. The van der Waals surface area contributed by atoms with Crippen LogP contribution in [-0.2, 0) is 10.0 Å². The van der Waals surface area contributed by atoms with Crippen molar-refractivity contribution >= 4 is 33.6 Å². The Morgan fingerprint density at radius 1 is 0.857 bits per heavy atom. The van der Waals surface area contributed by atoms with Crippen LogP contribution in [-0.4, -0.2) is 30.3 Å². The predicted molar refractivity (Wildman–Crippen MR) is 102 cm³/mol. The largest absolute Gasteiger partial charge is 0.366 e. The first kappa shape index (κ1) is 19.0. The fourth-order valence-corrected chi connectivity index (χ4v) is 3.03. The van der Waals surface area contributed by atoms with Crippen LogP contribution in [0.25, 0.3) is 4.72 Å². The highest BCUT2D eigenvalue weighted by Gasteiger charge is 2.13. The molecule has 142 valence electrons. The number of hydrogen-bond donors (Lipinski definition) is 2. The summed E-state index contributed by atoms with van der Waals surface area (Å²) in [6, 6.07) is 14.3. The highest BCUT2D eigenvalue weighted by atomic mass is 32.2. The van der Waals surface area contributed by atoms with Crippen LogP contribution in [0.4, 0.5) is 16.4 Å². The third-order valence-electron chi connectivity index (χ3n) is 3.43. The van der Waals surface area contributed by atoms with Crippen molar-refractivity contribution in [2.24, 2.45) is 0 Å². The van der Waals surface area contributed by atoms with Crippen molar-refractivity contribution in [3.05, 3.63) is 83.3 Å².